The summed E-state index contributed by atoms with van der Waals surface area (Å²) < 4.78 is 16.2. The zero-order valence-corrected chi connectivity index (χ0v) is 17.2. The molecule has 0 radical (unpaired) electrons. The first-order valence-corrected chi connectivity index (χ1v) is 9.16. The highest BCUT2D eigenvalue weighted by Gasteiger charge is 2.19. The molecule has 3 rings (SSSR count). The Morgan fingerprint density at radius 2 is 1.60 bits per heavy atom. The van der Waals surface area contributed by atoms with Crippen molar-refractivity contribution in [3.8, 4) is 17.2 Å². The van der Waals surface area contributed by atoms with E-state index in [1.165, 1.54) is 11.1 Å². The second-order valence-corrected chi connectivity index (χ2v) is 6.80. The molecule has 0 spiro atoms. The smallest absolute Gasteiger partial charge is 0.414 e. The summed E-state index contributed by atoms with van der Waals surface area (Å²) in [5.74, 6) is -1.49. The number of hydrogen-bond donors (Lipinski definition) is 3. The van der Waals surface area contributed by atoms with Crippen molar-refractivity contribution >= 4 is 11.9 Å². The molecule has 1 heterocycles. The van der Waals surface area contributed by atoms with Gasteiger partial charge >= 0.3 is 11.9 Å². The number of aliphatic carboxylic acids is 2. The van der Waals surface area contributed by atoms with Gasteiger partial charge in [-0.25, -0.2) is 9.59 Å². The van der Waals surface area contributed by atoms with Gasteiger partial charge in [0.25, 0.3) is 0 Å². The molecule has 1 aliphatic heterocycles. The van der Waals surface area contributed by atoms with E-state index in [4.69, 9.17) is 34.0 Å². The minimum Gasteiger partial charge on any atom is -0.493 e. The third-order valence-electron chi connectivity index (χ3n) is 4.08. The summed E-state index contributed by atoms with van der Waals surface area (Å²) in [7, 11) is 5.80. The standard InChI is InChI=1S/C19H24N2O3.C2H2O4/c1-21(2)12-15-6-4-14(5-7-15)10-20-11-16-8-17(22-3)19-18(9-16)23-13-24-19;3-1(4)2(5)6/h4-9,20H,10-13H2,1-3H3;(H,3,4)(H,5,6). The van der Waals surface area contributed by atoms with Crippen LogP contribution in [0.1, 0.15) is 16.7 Å². The number of nitrogens with one attached hydrogen (secondary N) is 1. The highest BCUT2D eigenvalue weighted by Crippen LogP contribution is 2.41. The van der Waals surface area contributed by atoms with E-state index in [1.54, 1.807) is 7.11 Å². The summed E-state index contributed by atoms with van der Waals surface area (Å²) in [6.07, 6.45) is 0. The Morgan fingerprint density at radius 1 is 1.00 bits per heavy atom. The van der Waals surface area contributed by atoms with Gasteiger partial charge in [0.15, 0.2) is 11.5 Å². The maximum atomic E-state index is 9.10. The van der Waals surface area contributed by atoms with Crippen molar-refractivity contribution in [1.82, 2.24) is 10.2 Å². The molecule has 162 valence electrons. The third-order valence-corrected chi connectivity index (χ3v) is 4.08. The molecule has 0 unspecified atom stereocenters. The van der Waals surface area contributed by atoms with Gasteiger partial charge in [0.05, 0.1) is 7.11 Å². The van der Waals surface area contributed by atoms with Crippen molar-refractivity contribution in [2.24, 2.45) is 0 Å². The Labute approximate surface area is 174 Å². The summed E-state index contributed by atoms with van der Waals surface area (Å²) in [5, 5.41) is 18.2. The molecule has 0 bridgehead atoms. The lowest BCUT2D eigenvalue weighted by molar-refractivity contribution is -0.159. The fourth-order valence-electron chi connectivity index (χ4n) is 2.76. The summed E-state index contributed by atoms with van der Waals surface area (Å²) in [5.41, 5.74) is 3.70. The number of hydrogen-bond acceptors (Lipinski definition) is 7. The number of ether oxygens (including phenoxy) is 3. The molecule has 1 aliphatic rings. The minimum atomic E-state index is -1.82. The van der Waals surface area contributed by atoms with Crippen LogP contribution in [-0.2, 0) is 29.2 Å². The topological polar surface area (TPSA) is 118 Å². The lowest BCUT2D eigenvalue weighted by atomic mass is 10.1. The molecule has 0 fully saturated rings. The van der Waals surface area contributed by atoms with Gasteiger partial charge in [-0.05, 0) is 42.9 Å². The van der Waals surface area contributed by atoms with E-state index in [0.29, 0.717) is 5.75 Å². The van der Waals surface area contributed by atoms with Crippen LogP contribution in [-0.4, -0.2) is 55.0 Å². The van der Waals surface area contributed by atoms with Gasteiger partial charge in [-0.1, -0.05) is 24.3 Å². The summed E-state index contributed by atoms with van der Waals surface area (Å²) in [6, 6.07) is 12.7. The predicted molar refractivity (Wildman–Crippen MR) is 109 cm³/mol. The van der Waals surface area contributed by atoms with Crippen LogP contribution in [0.15, 0.2) is 36.4 Å². The van der Waals surface area contributed by atoms with E-state index >= 15 is 0 Å². The van der Waals surface area contributed by atoms with Crippen molar-refractivity contribution in [2.75, 3.05) is 28.0 Å². The van der Waals surface area contributed by atoms with Gasteiger partial charge in [0.1, 0.15) is 0 Å². The number of methoxy groups -OCH3 is 1. The predicted octanol–water partition coefficient (Wildman–Crippen LogP) is 1.93. The SMILES string of the molecule is COc1cc(CNCc2ccc(CN(C)C)cc2)cc2c1OCO2.O=C(O)C(=O)O. The zero-order chi connectivity index (χ0) is 22.1. The van der Waals surface area contributed by atoms with Crippen LogP contribution in [0.4, 0.5) is 0 Å². The molecule has 3 N–H and O–H groups in total. The molecule has 2 aromatic rings. The van der Waals surface area contributed by atoms with Crippen LogP contribution < -0.4 is 19.5 Å². The summed E-state index contributed by atoms with van der Waals surface area (Å²) >= 11 is 0. The van der Waals surface area contributed by atoms with Crippen LogP contribution in [0.25, 0.3) is 0 Å². The Bertz CT molecular complexity index is 854. The number of nitrogens with zero attached hydrogens (tertiary/aromatic N) is 1. The number of carboxylic acid groups (broad SMARTS) is 2. The van der Waals surface area contributed by atoms with Crippen LogP contribution in [0, 0.1) is 0 Å². The van der Waals surface area contributed by atoms with Crippen molar-refractivity contribution in [3.63, 3.8) is 0 Å². The van der Waals surface area contributed by atoms with Gasteiger partial charge < -0.3 is 34.6 Å². The van der Waals surface area contributed by atoms with E-state index in [9.17, 15) is 0 Å². The quantitative estimate of drug-likeness (QED) is 0.580. The first-order chi connectivity index (χ1) is 14.3. The first kappa shape index (κ1) is 23.0. The molecule has 0 saturated heterocycles. The molecule has 0 aromatic heterocycles. The fourth-order valence-corrected chi connectivity index (χ4v) is 2.76. The maximum absolute atomic E-state index is 9.10. The molecule has 9 heteroatoms. The molecule has 30 heavy (non-hydrogen) atoms. The molecular weight excluding hydrogens is 392 g/mol. The van der Waals surface area contributed by atoms with Crippen LogP contribution in [0.5, 0.6) is 17.2 Å². The summed E-state index contributed by atoms with van der Waals surface area (Å²) in [4.78, 5) is 20.4. The summed E-state index contributed by atoms with van der Waals surface area (Å²) in [6.45, 7) is 2.78. The van der Waals surface area contributed by atoms with Crippen LogP contribution >= 0.6 is 0 Å². The Balaban J connectivity index is 0.000000469. The van der Waals surface area contributed by atoms with Gasteiger partial charge in [0.2, 0.25) is 12.5 Å². The van der Waals surface area contributed by atoms with Crippen molar-refractivity contribution in [3.05, 3.63) is 53.1 Å². The molecule has 0 amide bonds. The second-order valence-electron chi connectivity index (χ2n) is 6.80. The van der Waals surface area contributed by atoms with Crippen molar-refractivity contribution < 1.29 is 34.0 Å². The van der Waals surface area contributed by atoms with E-state index in [0.717, 1.165) is 36.7 Å². The third kappa shape index (κ3) is 6.94. The van der Waals surface area contributed by atoms with Crippen LogP contribution in [0.3, 0.4) is 0 Å². The average Bonchev–Trinajstić information content (AvgIpc) is 3.17. The number of carboxylic acids is 2. The zero-order valence-electron chi connectivity index (χ0n) is 17.2. The van der Waals surface area contributed by atoms with Gasteiger partial charge in [0, 0.05) is 19.6 Å². The Kier molecular flexibility index (Phi) is 8.45. The number of fused-ring (bicyclic) bond motifs is 1. The normalized spacial score (nSPS) is 11.6. The highest BCUT2D eigenvalue weighted by atomic mass is 16.7. The van der Waals surface area contributed by atoms with E-state index in [1.807, 2.05) is 12.1 Å². The van der Waals surface area contributed by atoms with E-state index in [2.05, 4.69) is 48.6 Å². The van der Waals surface area contributed by atoms with Gasteiger partial charge in [-0.2, -0.15) is 0 Å². The largest absolute Gasteiger partial charge is 0.493 e. The number of rotatable bonds is 7. The van der Waals surface area contributed by atoms with Crippen LogP contribution in [0.2, 0.25) is 0 Å². The molecular formula is C21H26N2O7. The average molecular weight is 418 g/mol. The lowest BCUT2D eigenvalue weighted by Crippen LogP contribution is -2.13. The monoisotopic (exact) mass is 418 g/mol. The van der Waals surface area contributed by atoms with Crippen molar-refractivity contribution in [1.29, 1.82) is 0 Å². The highest BCUT2D eigenvalue weighted by molar-refractivity contribution is 6.27. The Hall–Kier alpha value is -3.30. The number of benzene rings is 2. The molecule has 0 saturated carbocycles. The number of carbonyl (C=O) groups is 2. The van der Waals surface area contributed by atoms with Crippen molar-refractivity contribution in [2.45, 2.75) is 19.6 Å². The Morgan fingerprint density at radius 3 is 2.17 bits per heavy atom. The second kappa shape index (κ2) is 11.0. The maximum Gasteiger partial charge on any atom is 0.414 e. The molecule has 2 aromatic carbocycles. The van der Waals surface area contributed by atoms with E-state index in [-0.39, 0.29) is 6.79 Å². The van der Waals surface area contributed by atoms with E-state index < -0.39 is 11.9 Å². The fraction of sp³-hybridized carbons (Fsp3) is 0.333. The van der Waals surface area contributed by atoms with Gasteiger partial charge in [-0.15, -0.1) is 0 Å². The first-order valence-electron chi connectivity index (χ1n) is 9.16. The lowest BCUT2D eigenvalue weighted by Gasteiger charge is -2.11. The minimum absolute atomic E-state index is 0.252. The molecule has 9 nitrogen and oxygen atoms in total. The molecule has 0 atom stereocenters. The molecule has 0 aliphatic carbocycles. The van der Waals surface area contributed by atoms with Gasteiger partial charge in [-0.3, -0.25) is 0 Å².